The molecule has 1 aromatic rings. The van der Waals surface area contributed by atoms with Gasteiger partial charge in [-0.25, -0.2) is 0 Å². The zero-order valence-electron chi connectivity index (χ0n) is 14.7. The minimum Gasteiger partial charge on any atom is -0.493 e. The van der Waals surface area contributed by atoms with Crippen LogP contribution in [-0.2, 0) is 4.79 Å². The molecule has 1 atom stereocenters. The molecule has 7 nitrogen and oxygen atoms in total. The fraction of sp³-hybridized carbons (Fsp3) is 0.556. The van der Waals surface area contributed by atoms with Crippen LogP contribution in [0.2, 0.25) is 0 Å². The van der Waals surface area contributed by atoms with Crippen LogP contribution in [0.4, 0.5) is 0 Å². The van der Waals surface area contributed by atoms with Gasteiger partial charge in [-0.3, -0.25) is 14.5 Å². The van der Waals surface area contributed by atoms with Crippen molar-refractivity contribution in [3.8, 4) is 11.5 Å². The molecule has 3 rings (SSSR count). The number of carbonyl (C=O) groups excluding carboxylic acids is 2. The molecule has 0 spiro atoms. The van der Waals surface area contributed by atoms with Crippen molar-refractivity contribution in [3.05, 3.63) is 23.8 Å². The van der Waals surface area contributed by atoms with Crippen molar-refractivity contribution in [2.24, 2.45) is 0 Å². The number of nitrogens with one attached hydrogen (secondary N) is 2. The molecule has 1 saturated carbocycles. The maximum Gasteiger partial charge on any atom is 0.251 e. The largest absolute Gasteiger partial charge is 0.493 e. The smallest absolute Gasteiger partial charge is 0.251 e. The summed E-state index contributed by atoms with van der Waals surface area (Å²) >= 11 is 0. The first-order valence-corrected chi connectivity index (χ1v) is 8.64. The summed E-state index contributed by atoms with van der Waals surface area (Å²) < 4.78 is 10.3. The SMILES string of the molecule is COc1ccc(C(=O)NCC(=O)N[C@@H]2CCN(C3CC3)C2)cc1OC. The molecule has 2 N–H and O–H groups in total. The highest BCUT2D eigenvalue weighted by atomic mass is 16.5. The Morgan fingerprint density at radius 3 is 2.60 bits per heavy atom. The highest BCUT2D eigenvalue weighted by Gasteiger charge is 2.34. The number of carbonyl (C=O) groups is 2. The Bertz CT molecular complexity index is 645. The third kappa shape index (κ3) is 4.42. The fourth-order valence-electron chi connectivity index (χ4n) is 3.20. The number of likely N-dealkylation sites (tertiary alicyclic amines) is 1. The van der Waals surface area contributed by atoms with Crippen molar-refractivity contribution in [1.29, 1.82) is 0 Å². The van der Waals surface area contributed by atoms with E-state index in [4.69, 9.17) is 9.47 Å². The number of benzene rings is 1. The minimum absolute atomic E-state index is 0.0346. The molecule has 2 fully saturated rings. The maximum absolute atomic E-state index is 12.2. The van der Waals surface area contributed by atoms with Crippen LogP contribution in [0.1, 0.15) is 29.6 Å². The number of hydrogen-bond donors (Lipinski definition) is 2. The van der Waals surface area contributed by atoms with Crippen LogP contribution in [0.25, 0.3) is 0 Å². The molecule has 1 aromatic carbocycles. The molecule has 25 heavy (non-hydrogen) atoms. The lowest BCUT2D eigenvalue weighted by atomic mass is 10.2. The standard InChI is InChI=1S/C18H25N3O4/c1-24-15-6-3-12(9-16(15)25-2)18(23)19-10-17(22)20-13-7-8-21(11-13)14-4-5-14/h3,6,9,13-14H,4-5,7-8,10-11H2,1-2H3,(H,19,23)(H,20,22)/t13-/m1/s1. The Morgan fingerprint density at radius 2 is 1.92 bits per heavy atom. The van der Waals surface area contributed by atoms with E-state index in [0.29, 0.717) is 17.1 Å². The van der Waals surface area contributed by atoms with Crippen molar-refractivity contribution in [1.82, 2.24) is 15.5 Å². The van der Waals surface area contributed by atoms with Crippen molar-refractivity contribution in [3.63, 3.8) is 0 Å². The van der Waals surface area contributed by atoms with Gasteiger partial charge in [0.1, 0.15) is 0 Å². The Labute approximate surface area is 147 Å². The van der Waals surface area contributed by atoms with Gasteiger partial charge in [-0.2, -0.15) is 0 Å². The second-order valence-electron chi connectivity index (χ2n) is 6.53. The van der Waals surface area contributed by atoms with Gasteiger partial charge in [0, 0.05) is 30.7 Å². The summed E-state index contributed by atoms with van der Waals surface area (Å²) in [6.45, 7) is 1.93. The topological polar surface area (TPSA) is 79.9 Å². The molecular formula is C18H25N3O4. The Hall–Kier alpha value is -2.28. The number of hydrogen-bond acceptors (Lipinski definition) is 5. The molecule has 0 unspecified atom stereocenters. The highest BCUT2D eigenvalue weighted by Crippen LogP contribution is 2.30. The number of rotatable bonds is 7. The van der Waals surface area contributed by atoms with E-state index >= 15 is 0 Å². The quantitative estimate of drug-likeness (QED) is 0.762. The number of amides is 2. The van der Waals surface area contributed by atoms with Gasteiger partial charge in [-0.15, -0.1) is 0 Å². The van der Waals surface area contributed by atoms with Crippen molar-refractivity contribution in [2.75, 3.05) is 33.9 Å². The summed E-state index contributed by atoms with van der Waals surface area (Å²) in [6.07, 6.45) is 3.54. The highest BCUT2D eigenvalue weighted by molar-refractivity contribution is 5.97. The average molecular weight is 347 g/mol. The van der Waals surface area contributed by atoms with Crippen molar-refractivity contribution in [2.45, 2.75) is 31.3 Å². The summed E-state index contributed by atoms with van der Waals surface area (Å²) in [6, 6.07) is 5.81. The van der Waals surface area contributed by atoms with Gasteiger partial charge in [-0.05, 0) is 37.5 Å². The van der Waals surface area contributed by atoms with Crippen LogP contribution >= 0.6 is 0 Å². The van der Waals surface area contributed by atoms with Gasteiger partial charge in [0.15, 0.2) is 11.5 Å². The third-order valence-corrected chi connectivity index (χ3v) is 4.70. The lowest BCUT2D eigenvalue weighted by Gasteiger charge is -2.16. The molecule has 2 aliphatic rings. The van der Waals surface area contributed by atoms with E-state index in [-0.39, 0.29) is 24.4 Å². The molecule has 2 amide bonds. The zero-order valence-corrected chi connectivity index (χ0v) is 14.7. The van der Waals surface area contributed by atoms with E-state index in [1.807, 2.05) is 0 Å². The van der Waals surface area contributed by atoms with Crippen LogP contribution in [0.5, 0.6) is 11.5 Å². The van der Waals surface area contributed by atoms with Crippen molar-refractivity contribution >= 4 is 11.8 Å². The van der Waals surface area contributed by atoms with Gasteiger partial charge in [0.25, 0.3) is 5.91 Å². The zero-order chi connectivity index (χ0) is 17.8. The number of nitrogens with zero attached hydrogens (tertiary/aromatic N) is 1. The first kappa shape index (κ1) is 17.5. The molecule has 0 radical (unpaired) electrons. The van der Waals surface area contributed by atoms with Gasteiger partial charge < -0.3 is 20.1 Å². The summed E-state index contributed by atoms with van der Waals surface area (Å²) in [4.78, 5) is 26.7. The van der Waals surface area contributed by atoms with Crippen LogP contribution in [0.3, 0.4) is 0 Å². The molecular weight excluding hydrogens is 322 g/mol. The molecule has 1 heterocycles. The summed E-state index contributed by atoms with van der Waals surface area (Å²) in [7, 11) is 3.05. The van der Waals surface area contributed by atoms with E-state index in [9.17, 15) is 9.59 Å². The minimum atomic E-state index is -0.317. The predicted molar refractivity (Wildman–Crippen MR) is 93.0 cm³/mol. The summed E-state index contributed by atoms with van der Waals surface area (Å²) in [5, 5.41) is 5.65. The monoisotopic (exact) mass is 347 g/mol. The van der Waals surface area contributed by atoms with Crippen LogP contribution < -0.4 is 20.1 Å². The van der Waals surface area contributed by atoms with E-state index in [2.05, 4.69) is 15.5 Å². The van der Waals surface area contributed by atoms with Gasteiger partial charge >= 0.3 is 0 Å². The number of methoxy groups -OCH3 is 2. The lowest BCUT2D eigenvalue weighted by Crippen LogP contribution is -2.43. The molecule has 1 aliphatic heterocycles. The van der Waals surface area contributed by atoms with Crippen LogP contribution in [0.15, 0.2) is 18.2 Å². The van der Waals surface area contributed by atoms with Gasteiger partial charge in [0.2, 0.25) is 5.91 Å². The van der Waals surface area contributed by atoms with Crippen molar-refractivity contribution < 1.29 is 19.1 Å². The first-order chi connectivity index (χ1) is 12.1. The first-order valence-electron chi connectivity index (χ1n) is 8.64. The average Bonchev–Trinajstić information content (AvgIpc) is 3.38. The van der Waals surface area contributed by atoms with E-state index in [1.165, 1.54) is 27.1 Å². The summed E-state index contributed by atoms with van der Waals surface area (Å²) in [5.41, 5.74) is 0.422. The fourth-order valence-corrected chi connectivity index (χ4v) is 3.20. The second-order valence-corrected chi connectivity index (χ2v) is 6.53. The van der Waals surface area contributed by atoms with Crippen LogP contribution in [-0.4, -0.2) is 62.7 Å². The Morgan fingerprint density at radius 1 is 1.16 bits per heavy atom. The Kier molecular flexibility index (Phi) is 5.43. The molecule has 1 aliphatic carbocycles. The predicted octanol–water partition coefficient (Wildman–Crippen LogP) is 0.787. The Balaban J connectivity index is 1.46. The molecule has 7 heteroatoms. The molecule has 136 valence electrons. The lowest BCUT2D eigenvalue weighted by molar-refractivity contribution is -0.120. The van der Waals surface area contributed by atoms with E-state index in [1.54, 1.807) is 18.2 Å². The number of ether oxygens (including phenoxy) is 2. The van der Waals surface area contributed by atoms with Gasteiger partial charge in [0.05, 0.1) is 20.8 Å². The van der Waals surface area contributed by atoms with Gasteiger partial charge in [-0.1, -0.05) is 0 Å². The summed E-state index contributed by atoms with van der Waals surface area (Å²) in [5.74, 6) is 0.558. The molecule has 0 bridgehead atoms. The molecule has 0 aromatic heterocycles. The normalized spacial score (nSPS) is 20.2. The van der Waals surface area contributed by atoms with E-state index < -0.39 is 0 Å². The maximum atomic E-state index is 12.2. The molecule has 1 saturated heterocycles. The van der Waals surface area contributed by atoms with Crippen LogP contribution in [0, 0.1) is 0 Å². The second kappa shape index (κ2) is 7.74. The van der Waals surface area contributed by atoms with E-state index in [0.717, 1.165) is 25.6 Å². The third-order valence-electron chi connectivity index (χ3n) is 4.70.